The molecule has 4 aromatic rings. The molecule has 0 spiro atoms. The van der Waals surface area contributed by atoms with Gasteiger partial charge in [0, 0.05) is 4.70 Å². The molecule has 128 valence electrons. The number of nitrogens with one attached hydrogen (secondary N) is 1. The van der Waals surface area contributed by atoms with Crippen molar-refractivity contribution in [3.63, 3.8) is 0 Å². The Balaban J connectivity index is 1.98. The fourth-order valence-electron chi connectivity index (χ4n) is 4.95. The van der Waals surface area contributed by atoms with Crippen LogP contribution in [0, 0.1) is 0 Å². The van der Waals surface area contributed by atoms with Crippen molar-refractivity contribution in [2.75, 3.05) is 0 Å². The predicted molar refractivity (Wildman–Crippen MR) is 118 cm³/mol. The minimum atomic E-state index is -1.55. The largest absolute Gasteiger partial charge is 0.352 e. The molecule has 4 heterocycles. The van der Waals surface area contributed by atoms with E-state index in [1.54, 1.807) is 4.50 Å². The molecular weight excluding hydrogens is 367 g/mol. The van der Waals surface area contributed by atoms with E-state index in [2.05, 4.69) is 75.4 Å². The lowest BCUT2D eigenvalue weighted by molar-refractivity contribution is 0.837. The number of H-pyrrole nitrogens is 1. The normalized spacial score (nSPS) is 13.7. The topological polar surface area (TPSA) is 15.8 Å². The van der Waals surface area contributed by atoms with Gasteiger partial charge in [0.1, 0.15) is 8.07 Å². The van der Waals surface area contributed by atoms with E-state index < -0.39 is 8.07 Å². The van der Waals surface area contributed by atoms with Crippen molar-refractivity contribution in [3.8, 4) is 0 Å². The zero-order chi connectivity index (χ0) is 17.2. The van der Waals surface area contributed by atoms with Crippen LogP contribution in [0.5, 0.6) is 0 Å². The molecular formula is C19H25NS3Si. The first-order valence-electron chi connectivity index (χ1n) is 8.79. The quantitative estimate of drug-likeness (QED) is 0.346. The van der Waals surface area contributed by atoms with Crippen molar-refractivity contribution in [2.45, 2.75) is 58.2 Å². The Morgan fingerprint density at radius 3 is 2.17 bits per heavy atom. The average molecular weight is 392 g/mol. The van der Waals surface area contributed by atoms with E-state index in [-0.39, 0.29) is 0 Å². The molecule has 0 saturated heterocycles. The highest BCUT2D eigenvalue weighted by molar-refractivity contribution is 7.39. The summed E-state index contributed by atoms with van der Waals surface area (Å²) in [6, 6.07) is 4.77. The molecule has 1 N–H and O–H groups in total. The summed E-state index contributed by atoms with van der Waals surface area (Å²) in [6.45, 7) is 14.8. The van der Waals surface area contributed by atoms with Crippen LogP contribution in [0.25, 0.3) is 29.8 Å². The molecule has 4 rings (SSSR count). The van der Waals surface area contributed by atoms with Crippen molar-refractivity contribution in [3.05, 3.63) is 17.5 Å². The number of aromatic amines is 1. The summed E-state index contributed by atoms with van der Waals surface area (Å²) in [4.78, 5) is 3.68. The van der Waals surface area contributed by atoms with Gasteiger partial charge in [-0.2, -0.15) is 0 Å². The summed E-state index contributed by atoms with van der Waals surface area (Å²) in [5, 5.41) is 2.19. The highest BCUT2D eigenvalue weighted by atomic mass is 32.1. The molecule has 0 saturated carbocycles. The predicted octanol–water partition coefficient (Wildman–Crippen LogP) is 7.54. The van der Waals surface area contributed by atoms with Crippen molar-refractivity contribution in [2.24, 2.45) is 0 Å². The van der Waals surface area contributed by atoms with Gasteiger partial charge in [-0.25, -0.2) is 0 Å². The minimum Gasteiger partial charge on any atom is -0.352 e. The van der Waals surface area contributed by atoms with Crippen LogP contribution >= 0.6 is 34.0 Å². The van der Waals surface area contributed by atoms with Crippen molar-refractivity contribution >= 4 is 76.4 Å². The number of fused-ring (bicyclic) bond motifs is 5. The molecule has 0 unspecified atom stereocenters. The Morgan fingerprint density at radius 1 is 0.875 bits per heavy atom. The summed E-state index contributed by atoms with van der Waals surface area (Å²) in [7, 11) is -1.55. The van der Waals surface area contributed by atoms with Crippen LogP contribution in [0.4, 0.5) is 0 Å². The fraction of sp³-hybridized carbons (Fsp3) is 0.474. The van der Waals surface area contributed by atoms with Gasteiger partial charge in [-0.05, 0) is 38.6 Å². The van der Waals surface area contributed by atoms with Gasteiger partial charge < -0.3 is 4.98 Å². The summed E-state index contributed by atoms with van der Waals surface area (Å²) in [5.41, 5.74) is 5.00. The summed E-state index contributed by atoms with van der Waals surface area (Å²) >= 11 is 5.93. The highest BCUT2D eigenvalue weighted by Gasteiger charge is 2.45. The zero-order valence-corrected chi connectivity index (χ0v) is 18.6. The first-order chi connectivity index (χ1) is 11.4. The molecule has 4 aromatic heterocycles. The molecule has 0 aliphatic rings. The van der Waals surface area contributed by atoms with Crippen LogP contribution in [0.2, 0.25) is 16.6 Å². The van der Waals surface area contributed by atoms with Gasteiger partial charge in [0.15, 0.2) is 0 Å². The van der Waals surface area contributed by atoms with Crippen LogP contribution in [0.15, 0.2) is 17.5 Å². The Labute approximate surface area is 156 Å². The second-order valence-electron chi connectivity index (χ2n) is 7.80. The van der Waals surface area contributed by atoms with Gasteiger partial charge >= 0.3 is 0 Å². The van der Waals surface area contributed by atoms with Crippen LogP contribution in [-0.2, 0) is 0 Å². The molecule has 0 bridgehead atoms. The van der Waals surface area contributed by atoms with E-state index in [9.17, 15) is 0 Å². The first kappa shape index (κ1) is 16.8. The van der Waals surface area contributed by atoms with Gasteiger partial charge in [-0.1, -0.05) is 41.5 Å². The number of aromatic nitrogens is 1. The summed E-state index contributed by atoms with van der Waals surface area (Å²) in [6.07, 6.45) is 0. The Kier molecular flexibility index (Phi) is 3.99. The second-order valence-corrected chi connectivity index (χ2v) is 17.0. The Bertz CT molecular complexity index is 990. The molecule has 1 nitrogen and oxygen atoms in total. The molecule has 0 fully saturated rings. The van der Waals surface area contributed by atoms with Crippen LogP contribution < -0.4 is 4.50 Å². The summed E-state index contributed by atoms with van der Waals surface area (Å²) in [5.74, 6) is 0. The third-order valence-electron chi connectivity index (χ3n) is 5.79. The van der Waals surface area contributed by atoms with E-state index in [1.165, 1.54) is 29.8 Å². The number of rotatable bonds is 4. The van der Waals surface area contributed by atoms with Crippen LogP contribution in [0.3, 0.4) is 0 Å². The van der Waals surface area contributed by atoms with Crippen molar-refractivity contribution < 1.29 is 0 Å². The molecule has 0 aromatic carbocycles. The van der Waals surface area contributed by atoms with E-state index in [0.717, 1.165) is 16.6 Å². The number of thiophene rings is 3. The molecule has 5 heteroatoms. The third-order valence-corrected chi connectivity index (χ3v) is 17.2. The molecule has 24 heavy (non-hydrogen) atoms. The zero-order valence-electron chi connectivity index (χ0n) is 15.2. The van der Waals surface area contributed by atoms with Crippen LogP contribution in [0.1, 0.15) is 41.5 Å². The standard InChI is InChI=1S/C19H25NS3Si/c1-10(2)24(11(3)4,12(5)6)15-9-14-18(23-15)16-19(22-14)17-13(20-16)7-8-21-17/h7-12,20H,1-6H3. The van der Waals surface area contributed by atoms with Gasteiger partial charge in [-0.3, -0.25) is 0 Å². The Morgan fingerprint density at radius 2 is 1.54 bits per heavy atom. The maximum atomic E-state index is 3.68. The summed E-state index contributed by atoms with van der Waals surface area (Å²) < 4.78 is 7.58. The van der Waals surface area contributed by atoms with Gasteiger partial charge in [0.25, 0.3) is 0 Å². The second kappa shape index (κ2) is 5.69. The lowest BCUT2D eigenvalue weighted by Gasteiger charge is -2.42. The van der Waals surface area contributed by atoms with Crippen molar-refractivity contribution in [1.82, 2.24) is 4.98 Å². The fourth-order valence-corrected chi connectivity index (χ4v) is 17.6. The third kappa shape index (κ3) is 2.08. The van der Waals surface area contributed by atoms with Crippen LogP contribution in [-0.4, -0.2) is 13.1 Å². The smallest absolute Gasteiger partial charge is 0.107 e. The number of hydrogen-bond acceptors (Lipinski definition) is 3. The SMILES string of the molecule is CC(C)[Si](c1cc2sc3c([nH]c4ccsc43)c2s1)(C(C)C)C(C)C. The van der Waals surface area contributed by atoms with Gasteiger partial charge in [-0.15, -0.1) is 34.0 Å². The Hall–Kier alpha value is -0.623. The maximum absolute atomic E-state index is 3.68. The lowest BCUT2D eigenvalue weighted by atomic mass is 10.4. The molecule has 0 radical (unpaired) electrons. The average Bonchev–Trinajstić information content (AvgIpc) is 3.16. The first-order valence-corrected chi connectivity index (χ1v) is 13.5. The van der Waals surface area contributed by atoms with E-state index in [4.69, 9.17) is 0 Å². The van der Waals surface area contributed by atoms with Crippen molar-refractivity contribution in [1.29, 1.82) is 0 Å². The monoisotopic (exact) mass is 391 g/mol. The minimum absolute atomic E-state index is 0.771. The molecule has 0 amide bonds. The molecule has 0 atom stereocenters. The van der Waals surface area contributed by atoms with Gasteiger partial charge in [0.05, 0.1) is 25.1 Å². The number of hydrogen-bond donors (Lipinski definition) is 1. The molecule has 0 aliphatic heterocycles. The van der Waals surface area contributed by atoms with Gasteiger partial charge in [0.2, 0.25) is 0 Å². The van der Waals surface area contributed by atoms with E-state index >= 15 is 0 Å². The van der Waals surface area contributed by atoms with E-state index in [0.29, 0.717) is 0 Å². The highest BCUT2D eigenvalue weighted by Crippen LogP contribution is 2.47. The lowest BCUT2D eigenvalue weighted by Crippen LogP contribution is -2.54. The molecule has 0 aliphatic carbocycles. The maximum Gasteiger partial charge on any atom is 0.107 e. The van der Waals surface area contributed by atoms with E-state index in [1.807, 2.05) is 22.7 Å².